The third kappa shape index (κ3) is 1.69. The van der Waals surface area contributed by atoms with Gasteiger partial charge in [0.25, 0.3) is 0 Å². The van der Waals surface area contributed by atoms with E-state index in [1.165, 1.54) is 0 Å². The molecule has 14 heavy (non-hydrogen) atoms. The number of hydrogen-bond donors (Lipinski definition) is 0. The van der Waals surface area contributed by atoms with Gasteiger partial charge in [-0.25, -0.2) is 0 Å². The quantitative estimate of drug-likeness (QED) is 0.633. The summed E-state index contributed by atoms with van der Waals surface area (Å²) in [6.07, 6.45) is 1.25. The first-order chi connectivity index (χ1) is 6.77. The second-order valence-electron chi connectivity index (χ2n) is 3.39. The molecule has 0 atom stereocenters. The van der Waals surface area contributed by atoms with Crippen molar-refractivity contribution < 1.29 is 9.53 Å². The van der Waals surface area contributed by atoms with Crippen LogP contribution in [0.2, 0.25) is 0 Å². The zero-order valence-electron chi connectivity index (χ0n) is 8.12. The van der Waals surface area contributed by atoms with Gasteiger partial charge in [0.15, 0.2) is 0 Å². The summed E-state index contributed by atoms with van der Waals surface area (Å²) in [5, 5.41) is 0. The molecule has 1 saturated heterocycles. The first kappa shape index (κ1) is 9.00. The van der Waals surface area contributed by atoms with E-state index >= 15 is 0 Å². The Morgan fingerprint density at radius 1 is 1.21 bits per heavy atom. The fourth-order valence-electron chi connectivity index (χ4n) is 1.57. The third-order valence-electron chi connectivity index (χ3n) is 2.42. The average Bonchev–Trinajstić information content (AvgIpc) is 2.65. The summed E-state index contributed by atoms with van der Waals surface area (Å²) in [6.45, 7) is 1.99. The third-order valence-corrected chi connectivity index (χ3v) is 2.42. The van der Waals surface area contributed by atoms with Gasteiger partial charge in [-0.05, 0) is 18.1 Å². The van der Waals surface area contributed by atoms with Gasteiger partial charge in [0.05, 0.1) is 6.42 Å². The van der Waals surface area contributed by atoms with Gasteiger partial charge in [-0.1, -0.05) is 30.3 Å². The number of esters is 1. The lowest BCUT2D eigenvalue weighted by Gasteiger charge is -2.04. The largest absolute Gasteiger partial charge is 0.431 e. The van der Waals surface area contributed by atoms with Crippen LogP contribution in [0.15, 0.2) is 36.1 Å². The monoisotopic (exact) mass is 188 g/mol. The van der Waals surface area contributed by atoms with Crippen LogP contribution < -0.4 is 0 Å². The molecule has 0 saturated carbocycles. The molecule has 1 aliphatic heterocycles. The molecular weight excluding hydrogens is 176 g/mol. The molecule has 72 valence electrons. The predicted molar refractivity (Wildman–Crippen MR) is 54.4 cm³/mol. The number of carbonyl (C=O) groups is 1. The van der Waals surface area contributed by atoms with Crippen LogP contribution in [0.1, 0.15) is 25.3 Å². The Bertz CT molecular complexity index is 377. The molecule has 0 aliphatic carbocycles. The van der Waals surface area contributed by atoms with E-state index in [9.17, 15) is 4.79 Å². The number of hydrogen-bond acceptors (Lipinski definition) is 2. The van der Waals surface area contributed by atoms with E-state index in [0.29, 0.717) is 6.42 Å². The van der Waals surface area contributed by atoms with Crippen LogP contribution in [-0.2, 0) is 9.53 Å². The second-order valence-corrected chi connectivity index (χ2v) is 3.39. The summed E-state index contributed by atoms with van der Waals surface area (Å²) in [5.41, 5.74) is 2.19. The van der Waals surface area contributed by atoms with Crippen LogP contribution in [0.4, 0.5) is 0 Å². The number of benzene rings is 1. The molecule has 0 N–H and O–H groups in total. The molecule has 2 rings (SSSR count). The molecule has 1 aromatic rings. The molecule has 2 nitrogen and oxygen atoms in total. The van der Waals surface area contributed by atoms with Gasteiger partial charge in [0.2, 0.25) is 0 Å². The zero-order valence-corrected chi connectivity index (χ0v) is 8.12. The van der Waals surface area contributed by atoms with Gasteiger partial charge in [-0.2, -0.15) is 0 Å². The number of ether oxygens (including phenoxy) is 1. The Kier molecular flexibility index (Phi) is 2.35. The average molecular weight is 188 g/mol. The normalized spacial score (nSPS) is 19.4. The fourth-order valence-corrected chi connectivity index (χ4v) is 1.57. The first-order valence-corrected chi connectivity index (χ1v) is 4.73. The van der Waals surface area contributed by atoms with E-state index in [2.05, 4.69) is 0 Å². The van der Waals surface area contributed by atoms with Crippen molar-refractivity contribution in [3.8, 4) is 0 Å². The lowest BCUT2D eigenvalue weighted by Crippen LogP contribution is -1.91. The van der Waals surface area contributed by atoms with Crippen molar-refractivity contribution in [3.63, 3.8) is 0 Å². The maximum Gasteiger partial charge on any atom is 0.311 e. The lowest BCUT2D eigenvalue weighted by atomic mass is 10.1. The minimum Gasteiger partial charge on any atom is -0.431 e. The van der Waals surface area contributed by atoms with E-state index in [-0.39, 0.29) is 5.97 Å². The standard InChI is InChI=1S/C12H12O2/c1-9(10-5-3-2-4-6-10)11-7-8-12(13)14-11/h2-6H,7-8H2,1H3/b11-9-. The molecule has 0 spiro atoms. The molecule has 1 aromatic carbocycles. The highest BCUT2D eigenvalue weighted by molar-refractivity contribution is 5.78. The van der Waals surface area contributed by atoms with E-state index in [4.69, 9.17) is 4.74 Å². The Labute approximate surface area is 83.2 Å². The van der Waals surface area contributed by atoms with E-state index in [1.807, 2.05) is 37.3 Å². The smallest absolute Gasteiger partial charge is 0.311 e. The summed E-state index contributed by atoms with van der Waals surface area (Å²) >= 11 is 0. The van der Waals surface area contributed by atoms with Crippen LogP contribution in [0.3, 0.4) is 0 Å². The minimum absolute atomic E-state index is 0.115. The van der Waals surface area contributed by atoms with E-state index < -0.39 is 0 Å². The maximum atomic E-state index is 10.9. The molecule has 1 fully saturated rings. The predicted octanol–water partition coefficient (Wildman–Crippen LogP) is 2.75. The number of carbonyl (C=O) groups excluding carboxylic acids is 1. The number of rotatable bonds is 1. The molecule has 0 aromatic heterocycles. The molecular formula is C12H12O2. The summed E-state index contributed by atoms with van der Waals surface area (Å²) in [4.78, 5) is 10.9. The highest BCUT2D eigenvalue weighted by atomic mass is 16.5. The van der Waals surface area contributed by atoms with Crippen molar-refractivity contribution in [2.45, 2.75) is 19.8 Å². The molecule has 1 aliphatic rings. The summed E-state index contributed by atoms with van der Waals surface area (Å²) in [6, 6.07) is 9.98. The van der Waals surface area contributed by atoms with Crippen molar-refractivity contribution in [1.29, 1.82) is 0 Å². The van der Waals surface area contributed by atoms with Gasteiger partial charge in [0, 0.05) is 6.42 Å². The minimum atomic E-state index is -0.115. The van der Waals surface area contributed by atoms with Crippen molar-refractivity contribution in [1.82, 2.24) is 0 Å². The zero-order chi connectivity index (χ0) is 9.97. The van der Waals surface area contributed by atoms with Crippen LogP contribution in [0, 0.1) is 0 Å². The van der Waals surface area contributed by atoms with E-state index in [0.717, 1.165) is 23.3 Å². The molecule has 1 heterocycles. The maximum absolute atomic E-state index is 10.9. The molecule has 2 heteroatoms. The van der Waals surface area contributed by atoms with Gasteiger partial charge in [-0.3, -0.25) is 4.79 Å². The van der Waals surface area contributed by atoms with Crippen LogP contribution >= 0.6 is 0 Å². The Hall–Kier alpha value is -1.57. The summed E-state index contributed by atoms with van der Waals surface area (Å²) in [5.74, 6) is 0.705. The van der Waals surface area contributed by atoms with Crippen molar-refractivity contribution in [2.24, 2.45) is 0 Å². The van der Waals surface area contributed by atoms with Gasteiger partial charge < -0.3 is 4.74 Å². The van der Waals surface area contributed by atoms with Crippen molar-refractivity contribution in [2.75, 3.05) is 0 Å². The summed E-state index contributed by atoms with van der Waals surface area (Å²) in [7, 11) is 0. The van der Waals surface area contributed by atoms with Crippen LogP contribution in [0.25, 0.3) is 5.57 Å². The van der Waals surface area contributed by atoms with Gasteiger partial charge in [-0.15, -0.1) is 0 Å². The fraction of sp³-hybridized carbons (Fsp3) is 0.250. The highest BCUT2D eigenvalue weighted by Gasteiger charge is 2.19. The highest BCUT2D eigenvalue weighted by Crippen LogP contribution is 2.26. The lowest BCUT2D eigenvalue weighted by molar-refractivity contribution is -0.135. The number of cyclic esters (lactones) is 1. The molecule has 0 bridgehead atoms. The Balaban J connectivity index is 2.31. The van der Waals surface area contributed by atoms with Crippen LogP contribution in [-0.4, -0.2) is 5.97 Å². The van der Waals surface area contributed by atoms with Gasteiger partial charge in [0.1, 0.15) is 5.76 Å². The molecule has 0 unspecified atom stereocenters. The summed E-state index contributed by atoms with van der Waals surface area (Å²) < 4.78 is 5.12. The second kappa shape index (κ2) is 3.66. The van der Waals surface area contributed by atoms with Crippen molar-refractivity contribution in [3.05, 3.63) is 41.7 Å². The van der Waals surface area contributed by atoms with Crippen molar-refractivity contribution >= 4 is 11.5 Å². The number of allylic oxidation sites excluding steroid dienone is 2. The Morgan fingerprint density at radius 2 is 1.93 bits per heavy atom. The van der Waals surface area contributed by atoms with Gasteiger partial charge >= 0.3 is 5.97 Å². The topological polar surface area (TPSA) is 26.3 Å². The van der Waals surface area contributed by atoms with Crippen LogP contribution in [0.5, 0.6) is 0 Å². The Morgan fingerprint density at radius 3 is 2.50 bits per heavy atom. The molecule has 0 radical (unpaired) electrons. The SMILES string of the molecule is C/C(=C1\CCC(=O)O1)c1ccccc1. The first-order valence-electron chi connectivity index (χ1n) is 4.73. The molecule has 0 amide bonds. The van der Waals surface area contributed by atoms with E-state index in [1.54, 1.807) is 0 Å².